The van der Waals surface area contributed by atoms with Crippen LogP contribution in [0.2, 0.25) is 5.28 Å². The van der Waals surface area contributed by atoms with Crippen molar-refractivity contribution in [1.29, 1.82) is 0 Å². The van der Waals surface area contributed by atoms with Crippen LogP contribution in [0.5, 0.6) is 0 Å². The Hall–Kier alpha value is -3.80. The van der Waals surface area contributed by atoms with E-state index < -0.39 is 55.6 Å². The number of aliphatic hydroxyl groups excluding tert-OH is 2. The van der Waals surface area contributed by atoms with Crippen LogP contribution >= 0.6 is 11.6 Å². The first-order chi connectivity index (χ1) is 19.1. The van der Waals surface area contributed by atoms with Crippen molar-refractivity contribution >= 4 is 40.5 Å². The molecule has 1 aromatic carbocycles. The molecule has 0 aliphatic carbocycles. The maximum Gasteiger partial charge on any atom is 0.348 e. The monoisotopic (exact) mass is 575 g/mol. The summed E-state index contributed by atoms with van der Waals surface area (Å²) in [5.41, 5.74) is -1.76. The van der Waals surface area contributed by atoms with Gasteiger partial charge in [-0.15, -0.1) is 6.42 Å². The summed E-state index contributed by atoms with van der Waals surface area (Å²) in [7, 11) is 0. The van der Waals surface area contributed by atoms with Crippen LogP contribution in [0.25, 0.3) is 11.2 Å². The number of terminal acetylenes is 1. The average Bonchev–Trinajstić information content (AvgIpc) is 3.36. The van der Waals surface area contributed by atoms with Gasteiger partial charge in [0, 0.05) is 19.5 Å². The van der Waals surface area contributed by atoms with Crippen molar-refractivity contribution in [3.8, 4) is 12.3 Å². The molecule has 2 aromatic heterocycles. The summed E-state index contributed by atoms with van der Waals surface area (Å²) >= 11 is 6.18. The van der Waals surface area contributed by atoms with Crippen LogP contribution in [0, 0.1) is 12.3 Å². The first-order valence-electron chi connectivity index (χ1n) is 12.3. The highest BCUT2D eigenvalue weighted by atomic mass is 35.5. The number of anilines is 1. The highest BCUT2D eigenvalue weighted by Gasteiger charge is 2.49. The van der Waals surface area contributed by atoms with Gasteiger partial charge in [0.1, 0.15) is 6.10 Å². The van der Waals surface area contributed by atoms with E-state index in [1.165, 1.54) is 10.9 Å². The van der Waals surface area contributed by atoms with Crippen molar-refractivity contribution in [2.24, 2.45) is 0 Å². The zero-order chi connectivity index (χ0) is 29.4. The Morgan fingerprint density at radius 2 is 1.82 bits per heavy atom. The minimum atomic E-state index is -2.68. The van der Waals surface area contributed by atoms with Gasteiger partial charge in [0.05, 0.1) is 19.5 Å². The van der Waals surface area contributed by atoms with Crippen molar-refractivity contribution in [3.05, 3.63) is 47.5 Å². The first kappa shape index (κ1) is 30.7. The summed E-state index contributed by atoms with van der Waals surface area (Å²) in [6, 6.07) is 8.08. The Morgan fingerprint density at radius 3 is 2.38 bits per heavy atom. The molecule has 214 valence electrons. The SMILES string of the molecule is C#C[C@@H](O)[C@@H](O[C@@H](CO)COC(Cc1ccccc1)(C(=O)O)C(=O)O)n1cnc2c(N(CC)CC)nc(Cl)nc21. The standard InChI is InChI=1S/C26H30ClN5O8/c1-4-18(34)22(32-15-28-19-20(31(5-2)6-3)29-25(27)30-21(19)32)40-17(13-33)14-39-26(23(35)36,24(37)38)12-16-10-8-7-9-11-16/h1,7-11,15,17-18,22,33-34H,5-6,12-14H2,2-3H3,(H,35,36)(H,37,38)/t17-,18+,22+/m0/s1. The third-order valence-corrected chi connectivity index (χ3v) is 6.36. The van der Waals surface area contributed by atoms with Gasteiger partial charge in [-0.25, -0.2) is 14.6 Å². The minimum absolute atomic E-state index is 0.0965. The molecule has 3 rings (SSSR count). The largest absolute Gasteiger partial charge is 0.479 e. The van der Waals surface area contributed by atoms with E-state index in [1.54, 1.807) is 30.3 Å². The van der Waals surface area contributed by atoms with E-state index in [2.05, 4.69) is 20.9 Å². The maximum atomic E-state index is 12.1. The number of imidazole rings is 1. The summed E-state index contributed by atoms with van der Waals surface area (Å²) < 4.78 is 12.6. The molecule has 0 saturated heterocycles. The molecule has 0 fully saturated rings. The lowest BCUT2D eigenvalue weighted by Crippen LogP contribution is -2.52. The first-order valence-corrected chi connectivity index (χ1v) is 12.7. The van der Waals surface area contributed by atoms with Crippen LogP contribution in [-0.2, 0) is 25.5 Å². The molecule has 0 bridgehead atoms. The van der Waals surface area contributed by atoms with Gasteiger partial charge in [0.2, 0.25) is 5.28 Å². The molecule has 40 heavy (non-hydrogen) atoms. The topological polar surface area (TPSA) is 180 Å². The molecule has 3 aromatic rings. The number of ether oxygens (including phenoxy) is 2. The zero-order valence-electron chi connectivity index (χ0n) is 21.8. The summed E-state index contributed by atoms with van der Waals surface area (Å²) in [6.45, 7) is 3.63. The number of hydrogen-bond donors (Lipinski definition) is 4. The molecule has 0 spiro atoms. The summed E-state index contributed by atoms with van der Waals surface area (Å²) in [5, 5.41) is 40.2. The van der Waals surface area contributed by atoms with E-state index >= 15 is 0 Å². The highest BCUT2D eigenvalue weighted by Crippen LogP contribution is 2.29. The number of hydrogen-bond acceptors (Lipinski definition) is 10. The Kier molecular flexibility index (Phi) is 10.4. The minimum Gasteiger partial charge on any atom is -0.479 e. The predicted octanol–water partition coefficient (Wildman–Crippen LogP) is 1.36. The second-order valence-corrected chi connectivity index (χ2v) is 9.00. The number of carbonyl (C=O) groups is 2. The van der Waals surface area contributed by atoms with Crippen molar-refractivity contribution in [1.82, 2.24) is 19.5 Å². The average molecular weight is 576 g/mol. The van der Waals surface area contributed by atoms with Gasteiger partial charge in [-0.3, -0.25) is 4.57 Å². The van der Waals surface area contributed by atoms with Crippen LogP contribution < -0.4 is 4.90 Å². The Labute approximate surface area is 235 Å². The zero-order valence-corrected chi connectivity index (χ0v) is 22.6. The number of fused-ring (bicyclic) bond motifs is 1. The fourth-order valence-corrected chi connectivity index (χ4v) is 4.21. The molecule has 0 aliphatic heterocycles. The molecule has 14 heteroatoms. The molecule has 3 atom stereocenters. The summed E-state index contributed by atoms with van der Waals surface area (Å²) in [6.07, 6.45) is 1.96. The number of aromatic nitrogens is 4. The highest BCUT2D eigenvalue weighted by molar-refractivity contribution is 6.28. The van der Waals surface area contributed by atoms with E-state index in [0.717, 1.165) is 0 Å². The molecular formula is C26H30ClN5O8. The van der Waals surface area contributed by atoms with Crippen LogP contribution in [0.15, 0.2) is 36.7 Å². The number of aliphatic carboxylic acids is 2. The lowest BCUT2D eigenvalue weighted by Gasteiger charge is -2.30. The molecule has 0 saturated carbocycles. The number of carboxylic acids is 2. The number of aliphatic hydroxyl groups is 2. The third-order valence-electron chi connectivity index (χ3n) is 6.19. The van der Waals surface area contributed by atoms with E-state index in [9.17, 15) is 30.0 Å². The molecule has 2 heterocycles. The fraction of sp³-hybridized carbons (Fsp3) is 0.423. The molecule has 0 aliphatic rings. The van der Waals surface area contributed by atoms with Gasteiger partial charge in [-0.05, 0) is 31.0 Å². The fourth-order valence-electron chi connectivity index (χ4n) is 4.05. The quantitative estimate of drug-likeness (QED) is 0.116. The molecule has 0 radical (unpaired) electrons. The molecular weight excluding hydrogens is 546 g/mol. The van der Waals surface area contributed by atoms with Gasteiger partial charge in [-0.1, -0.05) is 36.3 Å². The smallest absolute Gasteiger partial charge is 0.348 e. The van der Waals surface area contributed by atoms with Gasteiger partial charge < -0.3 is 34.8 Å². The Balaban J connectivity index is 1.94. The Morgan fingerprint density at radius 1 is 1.18 bits per heavy atom. The van der Waals surface area contributed by atoms with E-state index in [4.69, 9.17) is 27.5 Å². The van der Waals surface area contributed by atoms with Crippen molar-refractivity contribution in [2.45, 2.75) is 44.3 Å². The second-order valence-electron chi connectivity index (χ2n) is 8.67. The van der Waals surface area contributed by atoms with Crippen LogP contribution in [-0.4, -0.2) is 96.0 Å². The van der Waals surface area contributed by atoms with E-state index in [-0.39, 0.29) is 10.9 Å². The molecule has 4 N–H and O–H groups in total. The van der Waals surface area contributed by atoms with Gasteiger partial charge >= 0.3 is 11.9 Å². The number of benzene rings is 1. The Bertz CT molecular complexity index is 1340. The third kappa shape index (κ3) is 6.49. The molecule has 0 unspecified atom stereocenters. The van der Waals surface area contributed by atoms with E-state index in [0.29, 0.717) is 30.0 Å². The molecule has 0 amide bonds. The van der Waals surface area contributed by atoms with Crippen LogP contribution in [0.3, 0.4) is 0 Å². The second kappa shape index (κ2) is 13.5. The van der Waals surface area contributed by atoms with Crippen molar-refractivity contribution < 1.29 is 39.5 Å². The summed E-state index contributed by atoms with van der Waals surface area (Å²) in [5.74, 6) is -0.883. The van der Waals surface area contributed by atoms with Crippen molar-refractivity contribution in [3.63, 3.8) is 0 Å². The van der Waals surface area contributed by atoms with Gasteiger partial charge in [0.15, 0.2) is 29.3 Å². The van der Waals surface area contributed by atoms with Gasteiger partial charge in [-0.2, -0.15) is 9.97 Å². The van der Waals surface area contributed by atoms with Crippen LogP contribution in [0.4, 0.5) is 5.82 Å². The maximum absolute atomic E-state index is 12.1. The number of nitrogens with zero attached hydrogens (tertiary/aromatic N) is 5. The van der Waals surface area contributed by atoms with Gasteiger partial charge in [0.25, 0.3) is 5.60 Å². The lowest BCUT2D eigenvalue weighted by atomic mass is 9.94. The summed E-state index contributed by atoms with van der Waals surface area (Å²) in [4.78, 5) is 39.0. The van der Waals surface area contributed by atoms with Crippen LogP contribution in [0.1, 0.15) is 25.6 Å². The lowest BCUT2D eigenvalue weighted by molar-refractivity contribution is -0.195. The number of halogens is 1. The molecule has 13 nitrogen and oxygen atoms in total. The van der Waals surface area contributed by atoms with Crippen molar-refractivity contribution in [2.75, 3.05) is 31.2 Å². The predicted molar refractivity (Wildman–Crippen MR) is 144 cm³/mol. The normalized spacial score (nSPS) is 13.9. The van der Waals surface area contributed by atoms with E-state index in [1.807, 2.05) is 18.7 Å². The number of rotatable bonds is 15. The number of carboxylic acid groups (broad SMARTS) is 2.